The van der Waals surface area contributed by atoms with Crippen LogP contribution in [-0.2, 0) is 14.2 Å². The van der Waals surface area contributed by atoms with Crippen LogP contribution in [0.3, 0.4) is 0 Å². The van der Waals surface area contributed by atoms with E-state index < -0.39 is 0 Å². The molecule has 0 radical (unpaired) electrons. The van der Waals surface area contributed by atoms with E-state index in [0.717, 1.165) is 13.0 Å². The average molecular weight is 172 g/mol. The van der Waals surface area contributed by atoms with Gasteiger partial charge in [-0.3, -0.25) is 0 Å². The van der Waals surface area contributed by atoms with Gasteiger partial charge in [-0.25, -0.2) is 0 Å². The molecule has 1 fully saturated rings. The Kier molecular flexibility index (Phi) is 4.11. The minimum absolute atomic E-state index is 0.0301. The molecule has 0 N–H and O–H groups in total. The predicted molar refractivity (Wildman–Crippen MR) is 45.4 cm³/mol. The van der Waals surface area contributed by atoms with Gasteiger partial charge in [0.25, 0.3) is 0 Å². The largest absolute Gasteiger partial charge is 0.475 e. The highest BCUT2D eigenvalue weighted by Crippen LogP contribution is 2.11. The number of hydrogen-bond donors (Lipinski definition) is 0. The van der Waals surface area contributed by atoms with Crippen LogP contribution in [0.4, 0.5) is 0 Å². The first-order chi connectivity index (χ1) is 5.79. The summed E-state index contributed by atoms with van der Waals surface area (Å²) in [6.45, 7) is 5.28. The van der Waals surface area contributed by atoms with Crippen molar-refractivity contribution < 1.29 is 14.2 Å². The highest BCUT2D eigenvalue weighted by atomic mass is 16.8. The van der Waals surface area contributed by atoms with E-state index >= 15 is 0 Å². The molecule has 70 valence electrons. The predicted octanol–water partition coefficient (Wildman–Crippen LogP) is 1.89. The van der Waals surface area contributed by atoms with E-state index in [4.69, 9.17) is 14.2 Å². The zero-order valence-corrected chi connectivity index (χ0v) is 7.66. The molecule has 0 aromatic carbocycles. The number of allylic oxidation sites excluding steroid dienone is 1. The Morgan fingerprint density at radius 2 is 2.33 bits per heavy atom. The maximum Gasteiger partial charge on any atom is 0.191 e. The fraction of sp³-hybridized carbons (Fsp3) is 0.778. The Morgan fingerprint density at radius 1 is 1.58 bits per heavy atom. The summed E-state index contributed by atoms with van der Waals surface area (Å²) in [7, 11) is 0. The van der Waals surface area contributed by atoms with Crippen molar-refractivity contribution in [2.24, 2.45) is 5.92 Å². The van der Waals surface area contributed by atoms with Crippen LogP contribution >= 0.6 is 0 Å². The lowest BCUT2D eigenvalue weighted by atomic mass is 10.2. The van der Waals surface area contributed by atoms with Gasteiger partial charge in [-0.05, 0) is 12.0 Å². The molecule has 0 aliphatic carbocycles. The molecule has 0 spiro atoms. The van der Waals surface area contributed by atoms with Crippen LogP contribution in [0.2, 0.25) is 0 Å². The Balaban J connectivity index is 1.88. The van der Waals surface area contributed by atoms with Gasteiger partial charge in [0, 0.05) is 6.42 Å². The molecule has 0 bridgehead atoms. The monoisotopic (exact) mass is 172 g/mol. The number of rotatable bonds is 5. The van der Waals surface area contributed by atoms with Crippen molar-refractivity contribution in [2.75, 3.05) is 13.4 Å². The highest BCUT2D eigenvalue weighted by Gasteiger charge is 2.17. The summed E-state index contributed by atoms with van der Waals surface area (Å²) >= 11 is 0. The molecule has 0 aromatic rings. The third kappa shape index (κ3) is 3.74. The van der Waals surface area contributed by atoms with Crippen molar-refractivity contribution in [2.45, 2.75) is 26.6 Å². The normalized spacial score (nSPS) is 23.1. The van der Waals surface area contributed by atoms with Gasteiger partial charge in [0.1, 0.15) is 0 Å². The van der Waals surface area contributed by atoms with Crippen molar-refractivity contribution in [1.29, 1.82) is 0 Å². The van der Waals surface area contributed by atoms with E-state index in [0.29, 0.717) is 5.92 Å². The summed E-state index contributed by atoms with van der Waals surface area (Å²) in [6, 6.07) is 0. The molecule has 0 amide bonds. The summed E-state index contributed by atoms with van der Waals surface area (Å²) < 4.78 is 15.3. The SMILES string of the molecule is CC(C)C=COCOC1CCO1. The van der Waals surface area contributed by atoms with Crippen molar-refractivity contribution in [3.05, 3.63) is 12.3 Å². The van der Waals surface area contributed by atoms with Crippen LogP contribution in [0.1, 0.15) is 20.3 Å². The second kappa shape index (κ2) is 5.17. The molecule has 3 heteroatoms. The van der Waals surface area contributed by atoms with Crippen LogP contribution in [0.5, 0.6) is 0 Å². The van der Waals surface area contributed by atoms with E-state index in [9.17, 15) is 0 Å². The highest BCUT2D eigenvalue weighted by molar-refractivity contribution is 4.76. The first kappa shape index (κ1) is 9.55. The number of ether oxygens (including phenoxy) is 3. The van der Waals surface area contributed by atoms with E-state index in [1.165, 1.54) is 0 Å². The van der Waals surface area contributed by atoms with Gasteiger partial charge in [0.15, 0.2) is 13.1 Å². The van der Waals surface area contributed by atoms with Crippen LogP contribution in [0, 0.1) is 5.92 Å². The molecule has 1 saturated heterocycles. The fourth-order valence-corrected chi connectivity index (χ4v) is 0.713. The minimum atomic E-state index is -0.0301. The average Bonchev–Trinajstić information content (AvgIpc) is 1.92. The molecule has 1 heterocycles. The summed E-state index contributed by atoms with van der Waals surface area (Å²) in [5.41, 5.74) is 0. The van der Waals surface area contributed by atoms with Gasteiger partial charge in [-0.1, -0.05) is 13.8 Å². The standard InChI is InChI=1S/C9H16O3/c1-8(2)3-5-10-7-12-9-4-6-11-9/h3,5,8-9H,4,6-7H2,1-2H3. The molecule has 1 aliphatic rings. The lowest BCUT2D eigenvalue weighted by Gasteiger charge is -2.25. The van der Waals surface area contributed by atoms with Gasteiger partial charge < -0.3 is 14.2 Å². The Morgan fingerprint density at radius 3 is 2.83 bits per heavy atom. The van der Waals surface area contributed by atoms with Crippen molar-refractivity contribution in [3.63, 3.8) is 0 Å². The van der Waals surface area contributed by atoms with Crippen LogP contribution in [-0.4, -0.2) is 19.7 Å². The Hall–Kier alpha value is -0.540. The van der Waals surface area contributed by atoms with Crippen LogP contribution < -0.4 is 0 Å². The molecule has 12 heavy (non-hydrogen) atoms. The zero-order valence-electron chi connectivity index (χ0n) is 7.66. The quantitative estimate of drug-likeness (QED) is 0.360. The molecular weight excluding hydrogens is 156 g/mol. The topological polar surface area (TPSA) is 27.7 Å². The van der Waals surface area contributed by atoms with Crippen molar-refractivity contribution in [3.8, 4) is 0 Å². The third-order valence-electron chi connectivity index (χ3n) is 1.54. The maximum atomic E-state index is 5.16. The molecule has 1 aliphatic heterocycles. The lowest BCUT2D eigenvalue weighted by molar-refractivity contribution is -0.242. The third-order valence-corrected chi connectivity index (χ3v) is 1.54. The van der Waals surface area contributed by atoms with Crippen LogP contribution in [0.15, 0.2) is 12.3 Å². The van der Waals surface area contributed by atoms with Gasteiger partial charge >= 0.3 is 0 Å². The molecule has 1 unspecified atom stereocenters. The Labute approximate surface area is 73.3 Å². The summed E-state index contributed by atoms with van der Waals surface area (Å²) in [6.07, 6.45) is 4.60. The fourth-order valence-electron chi connectivity index (χ4n) is 0.713. The maximum absolute atomic E-state index is 5.16. The Bertz CT molecular complexity index is 139. The van der Waals surface area contributed by atoms with Gasteiger partial charge in [0.2, 0.25) is 0 Å². The molecular formula is C9H16O3. The molecule has 0 aromatic heterocycles. The molecule has 0 saturated carbocycles. The van der Waals surface area contributed by atoms with E-state index in [-0.39, 0.29) is 13.1 Å². The van der Waals surface area contributed by atoms with Gasteiger partial charge in [-0.2, -0.15) is 0 Å². The minimum Gasteiger partial charge on any atom is -0.475 e. The van der Waals surface area contributed by atoms with E-state index in [1.54, 1.807) is 6.26 Å². The van der Waals surface area contributed by atoms with E-state index in [2.05, 4.69) is 13.8 Å². The van der Waals surface area contributed by atoms with E-state index in [1.807, 2.05) is 6.08 Å². The second-order valence-corrected chi connectivity index (χ2v) is 3.11. The van der Waals surface area contributed by atoms with Gasteiger partial charge in [0.05, 0.1) is 12.9 Å². The molecule has 3 nitrogen and oxygen atoms in total. The first-order valence-electron chi connectivity index (χ1n) is 4.30. The smallest absolute Gasteiger partial charge is 0.191 e. The first-order valence-corrected chi connectivity index (χ1v) is 4.30. The second-order valence-electron chi connectivity index (χ2n) is 3.11. The molecule has 1 rings (SSSR count). The summed E-state index contributed by atoms with van der Waals surface area (Å²) in [4.78, 5) is 0. The van der Waals surface area contributed by atoms with Crippen molar-refractivity contribution in [1.82, 2.24) is 0 Å². The molecule has 1 atom stereocenters. The summed E-state index contributed by atoms with van der Waals surface area (Å²) in [5, 5.41) is 0. The summed E-state index contributed by atoms with van der Waals surface area (Å²) in [5.74, 6) is 0.518. The van der Waals surface area contributed by atoms with Gasteiger partial charge in [-0.15, -0.1) is 0 Å². The number of hydrogen-bond acceptors (Lipinski definition) is 3. The zero-order chi connectivity index (χ0) is 8.81. The van der Waals surface area contributed by atoms with Crippen LogP contribution in [0.25, 0.3) is 0 Å². The lowest BCUT2D eigenvalue weighted by Crippen LogP contribution is -2.30. The van der Waals surface area contributed by atoms with Crippen molar-refractivity contribution >= 4 is 0 Å².